The molecule has 7 heteroatoms. The lowest BCUT2D eigenvalue weighted by Crippen LogP contribution is -2.25. The van der Waals surface area contributed by atoms with Crippen LogP contribution >= 0.6 is 11.3 Å². The molecule has 0 saturated heterocycles. The first-order chi connectivity index (χ1) is 14.4. The largest absolute Gasteiger partial charge is 0.369 e. The Bertz CT molecular complexity index is 1060. The molecule has 0 aliphatic carbocycles. The summed E-state index contributed by atoms with van der Waals surface area (Å²) in [5.74, 6) is -0.589. The summed E-state index contributed by atoms with van der Waals surface area (Å²) in [6.07, 6.45) is 0.516. The van der Waals surface area contributed by atoms with Crippen LogP contribution in [0.3, 0.4) is 0 Å². The van der Waals surface area contributed by atoms with Gasteiger partial charge in [0.1, 0.15) is 0 Å². The van der Waals surface area contributed by atoms with Gasteiger partial charge in [0.2, 0.25) is 11.8 Å². The molecule has 0 unspecified atom stereocenters. The third-order valence-electron chi connectivity index (χ3n) is 4.52. The van der Waals surface area contributed by atoms with Gasteiger partial charge < -0.3 is 16.4 Å². The Labute approximate surface area is 179 Å². The summed E-state index contributed by atoms with van der Waals surface area (Å²) >= 11 is 1.54. The fraction of sp³-hybridized carbons (Fsp3) is 0.174. The number of thiophene rings is 1. The van der Waals surface area contributed by atoms with Crippen molar-refractivity contribution >= 4 is 29.1 Å². The van der Waals surface area contributed by atoms with Gasteiger partial charge >= 0.3 is 0 Å². The molecule has 0 atom stereocenters. The van der Waals surface area contributed by atoms with Crippen molar-refractivity contribution in [3.8, 4) is 10.4 Å². The Balaban J connectivity index is 1.55. The van der Waals surface area contributed by atoms with Gasteiger partial charge in [-0.2, -0.15) is 0 Å². The molecular formula is C23H23N3O3S. The third-order valence-corrected chi connectivity index (χ3v) is 5.65. The van der Waals surface area contributed by atoms with Crippen LogP contribution in [0.25, 0.3) is 10.4 Å². The van der Waals surface area contributed by atoms with Gasteiger partial charge in [0.25, 0.3) is 5.91 Å². The summed E-state index contributed by atoms with van der Waals surface area (Å²) in [6.45, 7) is 0.361. The number of benzene rings is 2. The summed E-state index contributed by atoms with van der Waals surface area (Å²) in [7, 11) is 1.58. The van der Waals surface area contributed by atoms with Crippen molar-refractivity contribution < 1.29 is 14.4 Å². The molecule has 1 aromatic heterocycles. The molecule has 0 bridgehead atoms. The Kier molecular flexibility index (Phi) is 6.98. The van der Waals surface area contributed by atoms with Gasteiger partial charge in [-0.05, 0) is 41.0 Å². The molecule has 0 radical (unpaired) electrons. The summed E-state index contributed by atoms with van der Waals surface area (Å²) < 4.78 is 0. The van der Waals surface area contributed by atoms with E-state index in [9.17, 15) is 14.4 Å². The Hall–Kier alpha value is -3.45. The van der Waals surface area contributed by atoms with Crippen molar-refractivity contribution in [3.05, 3.63) is 82.2 Å². The highest BCUT2D eigenvalue weighted by Crippen LogP contribution is 2.28. The molecule has 0 aliphatic heterocycles. The SMILES string of the molecule is CNC(=O)c1cccc(CNC(=O)Cc2ccc(-c3ccc(CC(N)=O)s3)cc2)c1. The van der Waals surface area contributed by atoms with Gasteiger partial charge in [0.05, 0.1) is 12.8 Å². The molecule has 3 rings (SSSR count). The smallest absolute Gasteiger partial charge is 0.251 e. The minimum Gasteiger partial charge on any atom is -0.369 e. The minimum atomic E-state index is -0.342. The van der Waals surface area contributed by atoms with Gasteiger partial charge in [0, 0.05) is 28.9 Å². The van der Waals surface area contributed by atoms with Crippen LogP contribution in [0, 0.1) is 0 Å². The number of rotatable bonds is 8. The zero-order valence-electron chi connectivity index (χ0n) is 16.6. The summed E-state index contributed by atoms with van der Waals surface area (Å²) in [5.41, 5.74) is 8.61. The zero-order chi connectivity index (χ0) is 21.5. The van der Waals surface area contributed by atoms with Crippen LogP contribution in [0.4, 0.5) is 0 Å². The van der Waals surface area contributed by atoms with Gasteiger partial charge in [-0.3, -0.25) is 14.4 Å². The molecule has 6 nitrogen and oxygen atoms in total. The highest BCUT2D eigenvalue weighted by atomic mass is 32.1. The monoisotopic (exact) mass is 421 g/mol. The molecule has 3 aromatic rings. The number of nitrogens with one attached hydrogen (secondary N) is 2. The molecule has 0 fully saturated rings. The van der Waals surface area contributed by atoms with Crippen molar-refractivity contribution in [3.63, 3.8) is 0 Å². The second-order valence-electron chi connectivity index (χ2n) is 6.84. The quantitative estimate of drug-likeness (QED) is 0.521. The lowest BCUT2D eigenvalue weighted by atomic mass is 10.1. The zero-order valence-corrected chi connectivity index (χ0v) is 17.4. The molecule has 0 spiro atoms. The summed E-state index contributed by atoms with van der Waals surface area (Å²) in [4.78, 5) is 37.0. The van der Waals surface area contributed by atoms with Crippen molar-refractivity contribution in [2.24, 2.45) is 5.73 Å². The molecule has 2 aromatic carbocycles. The van der Waals surface area contributed by atoms with E-state index in [1.165, 1.54) is 11.3 Å². The van der Waals surface area contributed by atoms with Crippen LogP contribution < -0.4 is 16.4 Å². The van der Waals surface area contributed by atoms with Crippen LogP contribution in [0.15, 0.2) is 60.7 Å². The fourth-order valence-corrected chi connectivity index (χ4v) is 4.03. The number of hydrogen-bond acceptors (Lipinski definition) is 4. The lowest BCUT2D eigenvalue weighted by Gasteiger charge is -2.08. The maximum Gasteiger partial charge on any atom is 0.251 e. The highest BCUT2D eigenvalue weighted by molar-refractivity contribution is 7.15. The van der Waals surface area contributed by atoms with Crippen LogP contribution in [0.2, 0.25) is 0 Å². The molecule has 4 N–H and O–H groups in total. The molecular weight excluding hydrogens is 398 g/mol. The molecule has 1 heterocycles. The van der Waals surface area contributed by atoms with E-state index in [0.717, 1.165) is 26.4 Å². The van der Waals surface area contributed by atoms with Crippen molar-refractivity contribution in [1.29, 1.82) is 0 Å². The number of nitrogens with two attached hydrogens (primary N) is 1. The normalized spacial score (nSPS) is 10.4. The molecule has 3 amide bonds. The first-order valence-corrected chi connectivity index (χ1v) is 10.3. The van der Waals surface area contributed by atoms with Crippen LogP contribution in [-0.2, 0) is 29.0 Å². The van der Waals surface area contributed by atoms with E-state index in [1.54, 1.807) is 25.2 Å². The summed E-state index contributed by atoms with van der Waals surface area (Å²) in [6, 6.07) is 18.8. The maximum atomic E-state index is 12.3. The predicted molar refractivity (Wildman–Crippen MR) is 118 cm³/mol. The molecule has 0 saturated carbocycles. The Morgan fingerprint density at radius 1 is 0.933 bits per heavy atom. The van der Waals surface area contributed by atoms with Gasteiger partial charge in [-0.15, -0.1) is 11.3 Å². The van der Waals surface area contributed by atoms with Gasteiger partial charge in [-0.1, -0.05) is 36.4 Å². The first-order valence-electron chi connectivity index (χ1n) is 9.48. The second-order valence-corrected chi connectivity index (χ2v) is 8.01. The molecule has 30 heavy (non-hydrogen) atoms. The van der Waals surface area contributed by atoms with E-state index in [2.05, 4.69) is 10.6 Å². The Morgan fingerprint density at radius 2 is 1.70 bits per heavy atom. The van der Waals surface area contributed by atoms with E-state index < -0.39 is 0 Å². The van der Waals surface area contributed by atoms with Gasteiger partial charge in [-0.25, -0.2) is 0 Å². The molecule has 0 aliphatic rings. The summed E-state index contributed by atoms with van der Waals surface area (Å²) in [5, 5.41) is 5.47. The standard InChI is InChI=1S/C23H23N3O3S/c1-25-23(29)18-4-2-3-16(11-18)14-26-22(28)12-15-5-7-17(8-6-15)20-10-9-19(30-20)13-21(24)27/h2-11H,12-14H2,1H3,(H2,24,27)(H,25,29)(H,26,28). The number of carbonyl (C=O) groups is 3. The van der Waals surface area contributed by atoms with Crippen molar-refractivity contribution in [2.75, 3.05) is 7.05 Å². The Morgan fingerprint density at radius 3 is 2.40 bits per heavy atom. The van der Waals surface area contributed by atoms with E-state index in [1.807, 2.05) is 42.5 Å². The first kappa shape index (κ1) is 21.3. The van der Waals surface area contributed by atoms with E-state index in [0.29, 0.717) is 12.1 Å². The third kappa shape index (κ3) is 5.78. The topological polar surface area (TPSA) is 101 Å². The highest BCUT2D eigenvalue weighted by Gasteiger charge is 2.08. The number of amides is 3. The maximum absolute atomic E-state index is 12.3. The lowest BCUT2D eigenvalue weighted by molar-refractivity contribution is -0.120. The average molecular weight is 422 g/mol. The number of primary amides is 1. The second kappa shape index (κ2) is 9.84. The molecule has 154 valence electrons. The van der Waals surface area contributed by atoms with Crippen molar-refractivity contribution in [1.82, 2.24) is 10.6 Å². The average Bonchev–Trinajstić information content (AvgIpc) is 3.20. The minimum absolute atomic E-state index is 0.0898. The van der Waals surface area contributed by atoms with Gasteiger partial charge in [0.15, 0.2) is 0 Å². The van der Waals surface area contributed by atoms with E-state index in [4.69, 9.17) is 5.73 Å². The van der Waals surface area contributed by atoms with Crippen LogP contribution in [-0.4, -0.2) is 24.8 Å². The number of carbonyl (C=O) groups excluding carboxylic acids is 3. The predicted octanol–water partition coefficient (Wildman–Crippen LogP) is 2.66. The number of hydrogen-bond donors (Lipinski definition) is 3. The van der Waals surface area contributed by atoms with E-state index in [-0.39, 0.29) is 30.6 Å². The van der Waals surface area contributed by atoms with Crippen LogP contribution in [0.5, 0.6) is 0 Å². The van der Waals surface area contributed by atoms with Crippen molar-refractivity contribution in [2.45, 2.75) is 19.4 Å². The van der Waals surface area contributed by atoms with Crippen LogP contribution in [0.1, 0.15) is 26.4 Å². The fourth-order valence-electron chi connectivity index (χ4n) is 3.00. The van der Waals surface area contributed by atoms with E-state index >= 15 is 0 Å².